The Labute approximate surface area is 84.2 Å². The first-order valence-corrected chi connectivity index (χ1v) is 4.87. The van der Waals surface area contributed by atoms with E-state index in [0.29, 0.717) is 24.4 Å². The highest BCUT2D eigenvalue weighted by Gasteiger charge is 2.10. The minimum Gasteiger partial charge on any atom is -0.396 e. The molecule has 0 unspecified atom stereocenters. The lowest BCUT2D eigenvalue weighted by molar-refractivity contribution is 0.288. The van der Waals surface area contributed by atoms with Gasteiger partial charge in [-0.2, -0.15) is 0 Å². The molecule has 1 heterocycles. The van der Waals surface area contributed by atoms with E-state index >= 15 is 0 Å². The number of hydrogen-bond donors (Lipinski definition) is 2. The largest absolute Gasteiger partial charge is 0.396 e. The van der Waals surface area contributed by atoms with Crippen molar-refractivity contribution in [2.24, 2.45) is 0 Å². The van der Waals surface area contributed by atoms with Gasteiger partial charge in [-0.25, -0.2) is 9.97 Å². The Morgan fingerprint density at radius 2 is 2.14 bits per heavy atom. The van der Waals surface area contributed by atoms with Crippen molar-refractivity contribution in [3.63, 3.8) is 0 Å². The third-order valence-electron chi connectivity index (χ3n) is 2.12. The lowest BCUT2D eigenvalue weighted by atomic mass is 10.1. The molecule has 0 aromatic carbocycles. The molecule has 14 heavy (non-hydrogen) atoms. The Morgan fingerprint density at radius 1 is 1.43 bits per heavy atom. The van der Waals surface area contributed by atoms with Crippen LogP contribution in [0.2, 0.25) is 0 Å². The van der Waals surface area contributed by atoms with E-state index in [0.717, 1.165) is 11.4 Å². The summed E-state index contributed by atoms with van der Waals surface area (Å²) in [5, 5.41) is 8.71. The van der Waals surface area contributed by atoms with Crippen molar-refractivity contribution in [3.05, 3.63) is 17.7 Å². The van der Waals surface area contributed by atoms with Crippen molar-refractivity contribution < 1.29 is 5.11 Å². The van der Waals surface area contributed by atoms with E-state index in [4.69, 9.17) is 10.8 Å². The zero-order valence-corrected chi connectivity index (χ0v) is 8.70. The van der Waals surface area contributed by atoms with Crippen molar-refractivity contribution in [1.82, 2.24) is 9.97 Å². The van der Waals surface area contributed by atoms with Crippen LogP contribution < -0.4 is 5.73 Å². The molecule has 1 rings (SSSR count). The van der Waals surface area contributed by atoms with Gasteiger partial charge in [-0.3, -0.25) is 0 Å². The van der Waals surface area contributed by atoms with E-state index in [9.17, 15) is 0 Å². The molecule has 4 heteroatoms. The van der Waals surface area contributed by atoms with Crippen LogP contribution >= 0.6 is 0 Å². The van der Waals surface area contributed by atoms with Gasteiger partial charge in [0.25, 0.3) is 0 Å². The molecule has 0 aliphatic carbocycles. The summed E-state index contributed by atoms with van der Waals surface area (Å²) in [7, 11) is 0. The van der Waals surface area contributed by atoms with Gasteiger partial charge < -0.3 is 10.8 Å². The first kappa shape index (κ1) is 10.9. The molecular weight excluding hydrogens is 178 g/mol. The van der Waals surface area contributed by atoms with Gasteiger partial charge in [0.15, 0.2) is 0 Å². The summed E-state index contributed by atoms with van der Waals surface area (Å²) >= 11 is 0. The maximum Gasteiger partial charge on any atom is 0.116 e. The molecule has 3 N–H and O–H groups in total. The van der Waals surface area contributed by atoms with E-state index in [1.54, 1.807) is 6.33 Å². The fourth-order valence-electron chi connectivity index (χ4n) is 1.35. The van der Waals surface area contributed by atoms with Crippen LogP contribution in [0.25, 0.3) is 0 Å². The molecule has 1 aromatic rings. The van der Waals surface area contributed by atoms with Gasteiger partial charge in [0.2, 0.25) is 0 Å². The first-order chi connectivity index (χ1) is 6.66. The molecule has 78 valence electrons. The molecule has 0 spiro atoms. The number of aliphatic hydroxyl groups excluding tert-OH is 1. The summed E-state index contributed by atoms with van der Waals surface area (Å²) in [5.74, 6) is 0.311. The second-order valence-electron chi connectivity index (χ2n) is 3.60. The normalized spacial score (nSPS) is 10.9. The number of aromatic nitrogens is 2. The van der Waals surface area contributed by atoms with Crippen LogP contribution in [0, 0.1) is 0 Å². The molecule has 0 radical (unpaired) electrons. The maximum atomic E-state index is 8.71. The predicted octanol–water partition coefficient (Wildman–Crippen LogP) is 1.11. The van der Waals surface area contributed by atoms with Crippen molar-refractivity contribution in [2.45, 2.75) is 32.6 Å². The molecule has 0 fully saturated rings. The Hall–Kier alpha value is -1.16. The monoisotopic (exact) mass is 195 g/mol. The average Bonchev–Trinajstić information content (AvgIpc) is 2.16. The van der Waals surface area contributed by atoms with Gasteiger partial charge in [0.1, 0.15) is 6.33 Å². The van der Waals surface area contributed by atoms with Crippen LogP contribution in [-0.2, 0) is 6.42 Å². The molecule has 0 aliphatic heterocycles. The number of hydrogen-bond acceptors (Lipinski definition) is 4. The van der Waals surface area contributed by atoms with Gasteiger partial charge in [-0.15, -0.1) is 0 Å². The van der Waals surface area contributed by atoms with Crippen LogP contribution in [0.3, 0.4) is 0 Å². The second kappa shape index (κ2) is 4.91. The highest BCUT2D eigenvalue weighted by Crippen LogP contribution is 2.21. The van der Waals surface area contributed by atoms with E-state index in [1.165, 1.54) is 0 Å². The standard InChI is InChI=1S/C10H17N3O/c1-7(2)10-9(11)8(4-3-5-14)12-6-13-10/h6-7,14H,3-5,11H2,1-2H3. The van der Waals surface area contributed by atoms with Crippen LogP contribution in [-0.4, -0.2) is 21.7 Å². The van der Waals surface area contributed by atoms with Gasteiger partial charge in [0, 0.05) is 6.61 Å². The number of nitrogens with two attached hydrogens (primary N) is 1. The maximum absolute atomic E-state index is 8.71. The lowest BCUT2D eigenvalue weighted by Crippen LogP contribution is -2.07. The second-order valence-corrected chi connectivity index (χ2v) is 3.60. The Kier molecular flexibility index (Phi) is 3.83. The van der Waals surface area contributed by atoms with Gasteiger partial charge in [0.05, 0.1) is 17.1 Å². The predicted molar refractivity (Wildman–Crippen MR) is 55.9 cm³/mol. The van der Waals surface area contributed by atoms with E-state index in [-0.39, 0.29) is 6.61 Å². The third kappa shape index (κ3) is 2.42. The molecule has 0 atom stereocenters. The molecule has 0 bridgehead atoms. The average molecular weight is 195 g/mol. The van der Waals surface area contributed by atoms with E-state index in [2.05, 4.69) is 23.8 Å². The molecule has 0 saturated heterocycles. The quantitative estimate of drug-likeness (QED) is 0.754. The highest BCUT2D eigenvalue weighted by molar-refractivity contribution is 5.48. The van der Waals surface area contributed by atoms with Crippen molar-refractivity contribution in [3.8, 4) is 0 Å². The summed E-state index contributed by atoms with van der Waals surface area (Å²) < 4.78 is 0. The summed E-state index contributed by atoms with van der Waals surface area (Å²) in [6, 6.07) is 0. The van der Waals surface area contributed by atoms with Crippen LogP contribution in [0.15, 0.2) is 6.33 Å². The Balaban J connectivity index is 2.89. The van der Waals surface area contributed by atoms with Gasteiger partial charge in [-0.05, 0) is 18.8 Å². The van der Waals surface area contributed by atoms with Crippen molar-refractivity contribution in [1.29, 1.82) is 0 Å². The van der Waals surface area contributed by atoms with E-state index < -0.39 is 0 Å². The Morgan fingerprint density at radius 3 is 2.71 bits per heavy atom. The van der Waals surface area contributed by atoms with Crippen molar-refractivity contribution in [2.75, 3.05) is 12.3 Å². The minimum absolute atomic E-state index is 0.167. The fraction of sp³-hybridized carbons (Fsp3) is 0.600. The minimum atomic E-state index is 0.167. The summed E-state index contributed by atoms with van der Waals surface area (Å²) in [6.45, 7) is 4.27. The lowest BCUT2D eigenvalue weighted by Gasteiger charge is -2.10. The number of anilines is 1. The number of nitrogens with zero attached hydrogens (tertiary/aromatic N) is 2. The molecule has 1 aromatic heterocycles. The topological polar surface area (TPSA) is 72.0 Å². The summed E-state index contributed by atoms with van der Waals surface area (Å²) in [6.07, 6.45) is 2.95. The molecule has 0 saturated carbocycles. The zero-order valence-electron chi connectivity index (χ0n) is 8.70. The SMILES string of the molecule is CC(C)c1ncnc(CCCO)c1N. The van der Waals surface area contributed by atoms with E-state index in [1.807, 2.05) is 0 Å². The smallest absolute Gasteiger partial charge is 0.116 e. The van der Waals surface area contributed by atoms with Gasteiger partial charge >= 0.3 is 0 Å². The van der Waals surface area contributed by atoms with Crippen LogP contribution in [0.1, 0.15) is 37.6 Å². The zero-order chi connectivity index (χ0) is 10.6. The third-order valence-corrected chi connectivity index (χ3v) is 2.12. The molecular formula is C10H17N3O. The highest BCUT2D eigenvalue weighted by atomic mass is 16.2. The van der Waals surface area contributed by atoms with Gasteiger partial charge in [-0.1, -0.05) is 13.8 Å². The van der Waals surface area contributed by atoms with Crippen LogP contribution in [0.5, 0.6) is 0 Å². The first-order valence-electron chi connectivity index (χ1n) is 4.87. The van der Waals surface area contributed by atoms with Crippen molar-refractivity contribution >= 4 is 5.69 Å². The Bertz CT molecular complexity index is 299. The number of aryl methyl sites for hydroxylation is 1. The fourth-order valence-corrected chi connectivity index (χ4v) is 1.35. The number of nitrogen functional groups attached to an aromatic ring is 1. The number of aliphatic hydroxyl groups is 1. The summed E-state index contributed by atoms with van der Waals surface area (Å²) in [4.78, 5) is 8.26. The molecule has 4 nitrogen and oxygen atoms in total. The van der Waals surface area contributed by atoms with Crippen LogP contribution in [0.4, 0.5) is 5.69 Å². The molecule has 0 aliphatic rings. The summed E-state index contributed by atoms with van der Waals surface area (Å²) in [5.41, 5.74) is 8.34. The number of rotatable bonds is 4. The molecule has 0 amide bonds.